The van der Waals surface area contributed by atoms with Crippen molar-refractivity contribution < 1.29 is 4.79 Å². The van der Waals surface area contributed by atoms with Gasteiger partial charge in [0.1, 0.15) is 0 Å². The number of hydrogen-bond acceptors (Lipinski definition) is 2. The van der Waals surface area contributed by atoms with E-state index < -0.39 is 0 Å². The standard InChI is InChI=1S/C18H26N2O/c21-18(20-17-10-12-19-13-11-17)16-8-6-15(7-9-16)14-4-2-1-3-5-14/h6-9,14,17,19H,1-5,10-13H2,(H,20,21). The molecule has 2 N–H and O–H groups in total. The molecule has 2 fully saturated rings. The first-order valence-corrected chi connectivity index (χ1v) is 8.44. The van der Waals surface area contributed by atoms with Crippen molar-refractivity contribution >= 4 is 5.91 Å². The maximum absolute atomic E-state index is 12.3. The first kappa shape index (κ1) is 14.6. The summed E-state index contributed by atoms with van der Waals surface area (Å²) >= 11 is 0. The average Bonchev–Trinajstić information content (AvgIpc) is 2.57. The van der Waals surface area contributed by atoms with Crippen LogP contribution in [0.15, 0.2) is 24.3 Å². The van der Waals surface area contributed by atoms with Gasteiger partial charge in [-0.3, -0.25) is 4.79 Å². The molecular weight excluding hydrogens is 260 g/mol. The van der Waals surface area contributed by atoms with Crippen molar-refractivity contribution in [3.05, 3.63) is 35.4 Å². The van der Waals surface area contributed by atoms with Crippen molar-refractivity contribution in [3.8, 4) is 0 Å². The minimum atomic E-state index is 0.0806. The molecule has 1 amide bonds. The van der Waals surface area contributed by atoms with Gasteiger partial charge in [0.25, 0.3) is 5.91 Å². The molecule has 1 aromatic rings. The highest BCUT2D eigenvalue weighted by molar-refractivity contribution is 5.94. The van der Waals surface area contributed by atoms with Gasteiger partial charge in [0, 0.05) is 11.6 Å². The zero-order valence-electron chi connectivity index (χ0n) is 12.7. The number of benzene rings is 1. The van der Waals surface area contributed by atoms with E-state index in [1.807, 2.05) is 12.1 Å². The Morgan fingerprint density at radius 1 is 0.952 bits per heavy atom. The van der Waals surface area contributed by atoms with E-state index in [4.69, 9.17) is 0 Å². The first-order chi connectivity index (χ1) is 10.3. The summed E-state index contributed by atoms with van der Waals surface area (Å²) < 4.78 is 0. The Hall–Kier alpha value is -1.35. The maximum atomic E-state index is 12.3. The largest absolute Gasteiger partial charge is 0.349 e. The van der Waals surface area contributed by atoms with E-state index in [-0.39, 0.29) is 5.91 Å². The van der Waals surface area contributed by atoms with Gasteiger partial charge in [0.15, 0.2) is 0 Å². The molecule has 0 aromatic heterocycles. The second-order valence-corrected chi connectivity index (χ2v) is 6.45. The molecule has 1 aromatic carbocycles. The number of hydrogen-bond donors (Lipinski definition) is 2. The van der Waals surface area contributed by atoms with Crippen LogP contribution >= 0.6 is 0 Å². The van der Waals surface area contributed by atoms with Crippen molar-refractivity contribution in [1.29, 1.82) is 0 Å². The lowest BCUT2D eigenvalue weighted by atomic mass is 9.84. The summed E-state index contributed by atoms with van der Waals surface area (Å²) in [6.07, 6.45) is 8.76. The van der Waals surface area contributed by atoms with Gasteiger partial charge >= 0.3 is 0 Å². The molecule has 1 heterocycles. The number of rotatable bonds is 3. The van der Waals surface area contributed by atoms with E-state index in [9.17, 15) is 4.79 Å². The summed E-state index contributed by atoms with van der Waals surface area (Å²) in [5.41, 5.74) is 2.21. The van der Waals surface area contributed by atoms with Crippen LogP contribution in [0, 0.1) is 0 Å². The fourth-order valence-electron chi connectivity index (χ4n) is 3.58. The van der Waals surface area contributed by atoms with Gasteiger partial charge in [-0.15, -0.1) is 0 Å². The van der Waals surface area contributed by atoms with Crippen LogP contribution in [-0.4, -0.2) is 25.0 Å². The SMILES string of the molecule is O=C(NC1CCNCC1)c1ccc(C2CCCCC2)cc1. The molecule has 114 valence electrons. The molecule has 3 nitrogen and oxygen atoms in total. The van der Waals surface area contributed by atoms with Crippen molar-refractivity contribution in [1.82, 2.24) is 10.6 Å². The highest BCUT2D eigenvalue weighted by atomic mass is 16.1. The Balaban J connectivity index is 1.58. The third kappa shape index (κ3) is 3.85. The molecule has 1 aliphatic carbocycles. The predicted octanol–water partition coefficient (Wildman–Crippen LogP) is 3.22. The van der Waals surface area contributed by atoms with Crippen LogP contribution in [-0.2, 0) is 0 Å². The molecule has 21 heavy (non-hydrogen) atoms. The zero-order chi connectivity index (χ0) is 14.5. The van der Waals surface area contributed by atoms with Crippen LogP contribution < -0.4 is 10.6 Å². The van der Waals surface area contributed by atoms with Gasteiger partial charge in [0.2, 0.25) is 0 Å². The molecule has 0 unspecified atom stereocenters. The Bertz CT molecular complexity index is 457. The molecule has 2 aliphatic rings. The normalized spacial score (nSPS) is 21.1. The van der Waals surface area contributed by atoms with Crippen LogP contribution in [0.2, 0.25) is 0 Å². The summed E-state index contributed by atoms with van der Waals surface area (Å²) in [4.78, 5) is 12.3. The molecule has 0 atom stereocenters. The lowest BCUT2D eigenvalue weighted by Gasteiger charge is -2.24. The molecule has 1 saturated heterocycles. The number of nitrogens with one attached hydrogen (secondary N) is 2. The topological polar surface area (TPSA) is 41.1 Å². The average molecular weight is 286 g/mol. The number of carbonyl (C=O) groups excluding carboxylic acids is 1. The van der Waals surface area contributed by atoms with Crippen LogP contribution in [0.25, 0.3) is 0 Å². The number of amides is 1. The lowest BCUT2D eigenvalue weighted by Crippen LogP contribution is -2.42. The van der Waals surface area contributed by atoms with Gasteiger partial charge in [-0.25, -0.2) is 0 Å². The summed E-state index contributed by atoms with van der Waals surface area (Å²) in [7, 11) is 0. The van der Waals surface area contributed by atoms with Crippen molar-refractivity contribution in [2.24, 2.45) is 0 Å². The van der Waals surface area contributed by atoms with E-state index >= 15 is 0 Å². The first-order valence-electron chi connectivity index (χ1n) is 8.44. The van der Waals surface area contributed by atoms with Gasteiger partial charge in [-0.1, -0.05) is 31.4 Å². The molecule has 0 bridgehead atoms. The van der Waals surface area contributed by atoms with E-state index in [0.29, 0.717) is 12.0 Å². The van der Waals surface area contributed by atoms with Crippen molar-refractivity contribution in [2.45, 2.75) is 56.9 Å². The minimum absolute atomic E-state index is 0.0806. The van der Waals surface area contributed by atoms with E-state index in [0.717, 1.165) is 31.5 Å². The zero-order valence-corrected chi connectivity index (χ0v) is 12.7. The van der Waals surface area contributed by atoms with E-state index in [1.54, 1.807) is 0 Å². The Labute approximate surface area is 127 Å². The van der Waals surface area contributed by atoms with Gasteiger partial charge < -0.3 is 10.6 Å². The monoisotopic (exact) mass is 286 g/mol. The van der Waals surface area contributed by atoms with Crippen LogP contribution in [0.1, 0.15) is 66.8 Å². The van der Waals surface area contributed by atoms with Crippen LogP contribution in [0.3, 0.4) is 0 Å². The van der Waals surface area contributed by atoms with Crippen LogP contribution in [0.5, 0.6) is 0 Å². The summed E-state index contributed by atoms with van der Waals surface area (Å²) in [5, 5.41) is 6.48. The van der Waals surface area contributed by atoms with Gasteiger partial charge in [0.05, 0.1) is 0 Å². The highest BCUT2D eigenvalue weighted by Gasteiger charge is 2.18. The second-order valence-electron chi connectivity index (χ2n) is 6.45. The number of carbonyl (C=O) groups is 1. The van der Waals surface area contributed by atoms with Crippen molar-refractivity contribution in [2.75, 3.05) is 13.1 Å². The Morgan fingerprint density at radius 2 is 1.62 bits per heavy atom. The van der Waals surface area contributed by atoms with Gasteiger partial charge in [-0.05, 0) is 62.4 Å². The fourth-order valence-corrected chi connectivity index (χ4v) is 3.58. The minimum Gasteiger partial charge on any atom is -0.349 e. The molecule has 3 rings (SSSR count). The maximum Gasteiger partial charge on any atom is 0.251 e. The number of piperidine rings is 1. The van der Waals surface area contributed by atoms with Gasteiger partial charge in [-0.2, -0.15) is 0 Å². The Morgan fingerprint density at radius 3 is 2.29 bits per heavy atom. The molecule has 1 saturated carbocycles. The summed E-state index contributed by atoms with van der Waals surface area (Å²) in [6.45, 7) is 2.01. The second kappa shape index (κ2) is 7.08. The molecule has 0 spiro atoms. The third-order valence-corrected chi connectivity index (χ3v) is 4.92. The fraction of sp³-hybridized carbons (Fsp3) is 0.611. The van der Waals surface area contributed by atoms with Crippen LogP contribution in [0.4, 0.5) is 0 Å². The quantitative estimate of drug-likeness (QED) is 0.896. The molecular formula is C18H26N2O. The van der Waals surface area contributed by atoms with E-state index in [2.05, 4.69) is 22.8 Å². The molecule has 0 radical (unpaired) electrons. The van der Waals surface area contributed by atoms with E-state index in [1.165, 1.54) is 37.7 Å². The van der Waals surface area contributed by atoms with Crippen molar-refractivity contribution in [3.63, 3.8) is 0 Å². The summed E-state index contributed by atoms with van der Waals surface area (Å²) in [6, 6.07) is 8.65. The highest BCUT2D eigenvalue weighted by Crippen LogP contribution is 2.32. The lowest BCUT2D eigenvalue weighted by molar-refractivity contribution is 0.0929. The molecule has 1 aliphatic heterocycles. The third-order valence-electron chi connectivity index (χ3n) is 4.92. The Kier molecular flexibility index (Phi) is 4.91. The molecule has 3 heteroatoms. The summed E-state index contributed by atoms with van der Waals surface area (Å²) in [5.74, 6) is 0.789. The smallest absolute Gasteiger partial charge is 0.251 e. The predicted molar refractivity (Wildman–Crippen MR) is 85.6 cm³/mol.